The van der Waals surface area contributed by atoms with Gasteiger partial charge in [0.2, 0.25) is 5.91 Å². The van der Waals surface area contributed by atoms with E-state index in [4.69, 9.17) is 4.74 Å². The molecule has 118 valence electrons. The highest BCUT2D eigenvalue weighted by molar-refractivity contribution is 7.92. The number of carbonyl (C=O) groups is 1. The smallest absolute Gasteiger partial charge is 0.235 e. The van der Waals surface area contributed by atoms with E-state index in [0.717, 1.165) is 5.56 Å². The minimum Gasteiger partial charge on any atom is -0.383 e. The van der Waals surface area contributed by atoms with Crippen molar-refractivity contribution >= 4 is 15.7 Å². The maximum Gasteiger partial charge on any atom is 0.235 e. The summed E-state index contributed by atoms with van der Waals surface area (Å²) in [6, 6.07) is 9.51. The Balaban J connectivity index is 2.34. The molecule has 1 atom stereocenters. The molecule has 1 aromatic rings. The third-order valence-corrected chi connectivity index (χ3v) is 4.55. The monoisotopic (exact) mass is 313 g/mol. The third kappa shape index (κ3) is 7.82. The fourth-order valence-electron chi connectivity index (χ4n) is 2.02. The van der Waals surface area contributed by atoms with E-state index in [1.54, 1.807) is 6.92 Å². The highest BCUT2D eigenvalue weighted by Gasteiger charge is 2.17. The third-order valence-electron chi connectivity index (χ3n) is 2.94. The standard InChI is InChI=1S/C15H23NO4S/c1-13(11-20-2)16-15(17)12-21(18,19)10-6-9-14-7-4-3-5-8-14/h3-5,7-8,13H,6,9-12H2,1-2H3,(H,16,17). The topological polar surface area (TPSA) is 72.5 Å². The van der Waals surface area contributed by atoms with Crippen LogP contribution in [0.15, 0.2) is 30.3 Å². The van der Waals surface area contributed by atoms with Crippen molar-refractivity contribution in [3.8, 4) is 0 Å². The van der Waals surface area contributed by atoms with E-state index in [-0.39, 0.29) is 11.8 Å². The van der Waals surface area contributed by atoms with Crippen LogP contribution in [0.2, 0.25) is 0 Å². The molecule has 1 unspecified atom stereocenters. The van der Waals surface area contributed by atoms with Crippen molar-refractivity contribution in [1.82, 2.24) is 5.32 Å². The number of methoxy groups -OCH3 is 1. The van der Waals surface area contributed by atoms with Crippen LogP contribution in [0.25, 0.3) is 0 Å². The molecule has 0 heterocycles. The van der Waals surface area contributed by atoms with E-state index in [2.05, 4.69) is 5.32 Å². The Labute approximate surface area is 126 Å². The lowest BCUT2D eigenvalue weighted by Crippen LogP contribution is -2.39. The molecule has 0 fully saturated rings. The molecule has 0 saturated heterocycles. The van der Waals surface area contributed by atoms with Gasteiger partial charge < -0.3 is 10.1 Å². The van der Waals surface area contributed by atoms with E-state index in [1.165, 1.54) is 7.11 Å². The van der Waals surface area contributed by atoms with Crippen molar-refractivity contribution in [2.75, 3.05) is 25.2 Å². The molecule has 1 aromatic carbocycles. The summed E-state index contributed by atoms with van der Waals surface area (Å²) in [5.74, 6) is -0.914. The molecule has 0 bridgehead atoms. The van der Waals surface area contributed by atoms with Gasteiger partial charge in [-0.25, -0.2) is 8.42 Å². The average molecular weight is 313 g/mol. The molecular weight excluding hydrogens is 290 g/mol. The van der Waals surface area contributed by atoms with E-state index < -0.39 is 21.5 Å². The number of aryl methyl sites for hydroxylation is 1. The second-order valence-corrected chi connectivity index (χ2v) is 7.29. The summed E-state index contributed by atoms with van der Waals surface area (Å²) in [6.45, 7) is 2.13. The van der Waals surface area contributed by atoms with Crippen LogP contribution in [-0.4, -0.2) is 45.6 Å². The van der Waals surface area contributed by atoms with Gasteiger partial charge in [0.05, 0.1) is 12.4 Å². The van der Waals surface area contributed by atoms with Crippen molar-refractivity contribution in [3.05, 3.63) is 35.9 Å². The van der Waals surface area contributed by atoms with Gasteiger partial charge in [-0.3, -0.25) is 4.79 Å². The maximum atomic E-state index is 11.9. The summed E-state index contributed by atoms with van der Waals surface area (Å²) in [4.78, 5) is 11.6. The van der Waals surface area contributed by atoms with Gasteiger partial charge in [0.1, 0.15) is 5.75 Å². The van der Waals surface area contributed by atoms with Crippen LogP contribution in [0.5, 0.6) is 0 Å². The number of rotatable bonds is 9. The van der Waals surface area contributed by atoms with E-state index in [9.17, 15) is 13.2 Å². The maximum absolute atomic E-state index is 11.9. The number of hydrogen-bond acceptors (Lipinski definition) is 4. The van der Waals surface area contributed by atoms with Crippen LogP contribution in [-0.2, 0) is 25.8 Å². The molecule has 1 N–H and O–H groups in total. The van der Waals surface area contributed by atoms with Gasteiger partial charge in [-0.05, 0) is 25.3 Å². The molecule has 0 aromatic heterocycles. The molecule has 0 spiro atoms. The SMILES string of the molecule is COCC(C)NC(=O)CS(=O)(=O)CCCc1ccccc1. The normalized spacial score (nSPS) is 12.9. The molecule has 0 radical (unpaired) electrons. The molecule has 6 heteroatoms. The molecule has 0 aliphatic carbocycles. The summed E-state index contributed by atoms with van der Waals surface area (Å²) in [6.07, 6.45) is 1.22. The van der Waals surface area contributed by atoms with Gasteiger partial charge >= 0.3 is 0 Å². The first-order chi connectivity index (χ1) is 9.93. The number of nitrogens with one attached hydrogen (secondary N) is 1. The largest absolute Gasteiger partial charge is 0.383 e. The van der Waals surface area contributed by atoms with Crippen LogP contribution >= 0.6 is 0 Å². The van der Waals surface area contributed by atoms with Crippen LogP contribution in [0.3, 0.4) is 0 Å². The quantitative estimate of drug-likeness (QED) is 0.743. The first kappa shape index (κ1) is 17.7. The molecular formula is C15H23NO4S. The van der Waals surface area contributed by atoms with Crippen LogP contribution in [0.4, 0.5) is 0 Å². The molecule has 0 saturated carbocycles. The van der Waals surface area contributed by atoms with Gasteiger partial charge in [0.25, 0.3) is 0 Å². The number of benzene rings is 1. The van der Waals surface area contributed by atoms with Crippen LogP contribution in [0, 0.1) is 0 Å². The zero-order valence-corrected chi connectivity index (χ0v) is 13.4. The number of sulfone groups is 1. The Hall–Kier alpha value is -1.40. The van der Waals surface area contributed by atoms with Crippen LogP contribution in [0.1, 0.15) is 18.9 Å². The second-order valence-electron chi connectivity index (χ2n) is 5.11. The minimum absolute atomic E-state index is 0.0218. The molecule has 0 aliphatic rings. The first-order valence-electron chi connectivity index (χ1n) is 6.95. The van der Waals surface area contributed by atoms with Gasteiger partial charge in [-0.15, -0.1) is 0 Å². The molecule has 21 heavy (non-hydrogen) atoms. The number of amides is 1. The summed E-state index contributed by atoms with van der Waals surface area (Å²) in [5, 5.41) is 2.60. The molecule has 5 nitrogen and oxygen atoms in total. The molecule has 0 aliphatic heterocycles. The van der Waals surface area contributed by atoms with Crippen molar-refractivity contribution < 1.29 is 17.9 Å². The van der Waals surface area contributed by atoms with E-state index in [0.29, 0.717) is 19.4 Å². The van der Waals surface area contributed by atoms with Gasteiger partial charge in [0, 0.05) is 13.2 Å². The van der Waals surface area contributed by atoms with Gasteiger partial charge in [0.15, 0.2) is 9.84 Å². The Morgan fingerprint density at radius 2 is 1.95 bits per heavy atom. The number of ether oxygens (including phenoxy) is 1. The van der Waals surface area contributed by atoms with E-state index in [1.807, 2.05) is 30.3 Å². The van der Waals surface area contributed by atoms with Gasteiger partial charge in [-0.1, -0.05) is 30.3 Å². The fourth-order valence-corrected chi connectivity index (χ4v) is 3.23. The Morgan fingerprint density at radius 3 is 2.57 bits per heavy atom. The predicted molar refractivity (Wildman–Crippen MR) is 82.9 cm³/mol. The fraction of sp³-hybridized carbons (Fsp3) is 0.533. The average Bonchev–Trinajstić information content (AvgIpc) is 2.38. The van der Waals surface area contributed by atoms with Crippen LogP contribution < -0.4 is 5.32 Å². The molecule has 1 rings (SSSR count). The summed E-state index contributed by atoms with van der Waals surface area (Å²) in [7, 11) is -1.83. The number of hydrogen-bond donors (Lipinski definition) is 1. The predicted octanol–water partition coefficient (Wildman–Crippen LogP) is 1.19. The Morgan fingerprint density at radius 1 is 1.29 bits per heavy atom. The zero-order chi connectivity index (χ0) is 15.7. The van der Waals surface area contributed by atoms with Crippen molar-refractivity contribution in [2.45, 2.75) is 25.8 Å². The number of carbonyl (C=O) groups excluding carboxylic acids is 1. The summed E-state index contributed by atoms with van der Waals surface area (Å²) < 4.78 is 28.6. The lowest BCUT2D eigenvalue weighted by atomic mass is 10.1. The van der Waals surface area contributed by atoms with Crippen molar-refractivity contribution in [3.63, 3.8) is 0 Å². The zero-order valence-electron chi connectivity index (χ0n) is 12.5. The Kier molecular flexibility index (Phi) is 7.39. The van der Waals surface area contributed by atoms with Gasteiger partial charge in [-0.2, -0.15) is 0 Å². The van der Waals surface area contributed by atoms with Crippen molar-refractivity contribution in [1.29, 1.82) is 0 Å². The first-order valence-corrected chi connectivity index (χ1v) is 8.78. The highest BCUT2D eigenvalue weighted by Crippen LogP contribution is 2.04. The van der Waals surface area contributed by atoms with E-state index >= 15 is 0 Å². The lowest BCUT2D eigenvalue weighted by Gasteiger charge is -2.12. The molecule has 1 amide bonds. The highest BCUT2D eigenvalue weighted by atomic mass is 32.2. The summed E-state index contributed by atoms with van der Waals surface area (Å²) in [5.41, 5.74) is 1.10. The van der Waals surface area contributed by atoms with Crippen molar-refractivity contribution in [2.24, 2.45) is 0 Å². The summed E-state index contributed by atoms with van der Waals surface area (Å²) >= 11 is 0. The minimum atomic E-state index is -3.36. The Bertz CT molecular complexity index is 528. The lowest BCUT2D eigenvalue weighted by molar-refractivity contribution is -0.119. The second kappa shape index (κ2) is 8.79.